The summed E-state index contributed by atoms with van der Waals surface area (Å²) in [7, 11) is 1.69. The maximum absolute atomic E-state index is 5.77. The molecule has 0 radical (unpaired) electrons. The molecule has 0 atom stereocenters. The van der Waals surface area contributed by atoms with Crippen molar-refractivity contribution in [3.8, 4) is 0 Å². The Morgan fingerprint density at radius 3 is 2.85 bits per heavy atom. The summed E-state index contributed by atoms with van der Waals surface area (Å²) in [5.41, 5.74) is 2.22. The van der Waals surface area contributed by atoms with Crippen molar-refractivity contribution in [3.63, 3.8) is 0 Å². The third-order valence-electron chi connectivity index (χ3n) is 1.78. The number of anilines is 1. The van der Waals surface area contributed by atoms with Crippen molar-refractivity contribution in [2.45, 2.75) is 5.88 Å². The first-order chi connectivity index (χ1) is 6.38. The lowest BCUT2D eigenvalue weighted by Gasteiger charge is -2.09. The van der Waals surface area contributed by atoms with E-state index in [1.165, 1.54) is 0 Å². The van der Waals surface area contributed by atoms with Gasteiger partial charge >= 0.3 is 0 Å². The van der Waals surface area contributed by atoms with E-state index in [1.54, 1.807) is 7.11 Å². The van der Waals surface area contributed by atoms with Gasteiger partial charge in [0.2, 0.25) is 0 Å². The van der Waals surface area contributed by atoms with Gasteiger partial charge in [-0.1, -0.05) is 18.2 Å². The molecule has 72 valence electrons. The van der Waals surface area contributed by atoms with Gasteiger partial charge in [0.05, 0.1) is 6.61 Å². The summed E-state index contributed by atoms with van der Waals surface area (Å²) in [6.45, 7) is 1.51. The van der Waals surface area contributed by atoms with Crippen LogP contribution in [0.25, 0.3) is 0 Å². The van der Waals surface area contributed by atoms with Crippen LogP contribution in [0.15, 0.2) is 24.3 Å². The number of ether oxygens (including phenoxy) is 1. The van der Waals surface area contributed by atoms with Gasteiger partial charge in [-0.2, -0.15) is 0 Å². The molecule has 0 unspecified atom stereocenters. The highest BCUT2D eigenvalue weighted by atomic mass is 35.5. The molecule has 2 nitrogen and oxygen atoms in total. The van der Waals surface area contributed by atoms with Crippen LogP contribution in [-0.4, -0.2) is 20.3 Å². The minimum absolute atomic E-state index is 0.538. The number of hydrogen-bond donors (Lipinski definition) is 1. The lowest BCUT2D eigenvalue weighted by molar-refractivity contribution is 0.211. The van der Waals surface area contributed by atoms with Gasteiger partial charge in [0.1, 0.15) is 0 Å². The maximum atomic E-state index is 5.77. The Kier molecular flexibility index (Phi) is 4.65. The average Bonchev–Trinajstić information content (AvgIpc) is 2.19. The molecular weight excluding hydrogens is 186 g/mol. The molecule has 0 aliphatic heterocycles. The van der Waals surface area contributed by atoms with Crippen molar-refractivity contribution < 1.29 is 4.74 Å². The van der Waals surface area contributed by atoms with E-state index < -0.39 is 0 Å². The summed E-state index contributed by atoms with van der Waals surface area (Å²) < 4.78 is 4.94. The molecule has 1 N–H and O–H groups in total. The second kappa shape index (κ2) is 5.84. The van der Waals surface area contributed by atoms with Crippen LogP contribution in [0.4, 0.5) is 5.69 Å². The van der Waals surface area contributed by atoms with Gasteiger partial charge in [-0.05, 0) is 11.6 Å². The highest BCUT2D eigenvalue weighted by Gasteiger charge is 1.97. The predicted octanol–water partition coefficient (Wildman–Crippen LogP) is 2.48. The second-order valence-electron chi connectivity index (χ2n) is 2.71. The molecule has 0 amide bonds. The Morgan fingerprint density at radius 1 is 1.38 bits per heavy atom. The Hall–Kier alpha value is -0.730. The smallest absolute Gasteiger partial charge is 0.0635 e. The Bertz CT molecular complexity index is 252. The molecule has 1 aromatic rings. The van der Waals surface area contributed by atoms with E-state index in [0.29, 0.717) is 12.5 Å². The first-order valence-electron chi connectivity index (χ1n) is 4.25. The highest BCUT2D eigenvalue weighted by molar-refractivity contribution is 6.17. The number of hydrogen-bond acceptors (Lipinski definition) is 2. The monoisotopic (exact) mass is 199 g/mol. The fourth-order valence-electron chi connectivity index (χ4n) is 1.10. The predicted molar refractivity (Wildman–Crippen MR) is 56.4 cm³/mol. The number of nitrogens with one attached hydrogen (secondary N) is 1. The lowest BCUT2D eigenvalue weighted by atomic mass is 10.2. The van der Waals surface area contributed by atoms with Crippen molar-refractivity contribution in [1.29, 1.82) is 0 Å². The van der Waals surface area contributed by atoms with E-state index in [1.807, 2.05) is 24.3 Å². The third kappa shape index (κ3) is 3.25. The molecule has 3 heteroatoms. The van der Waals surface area contributed by atoms with E-state index in [4.69, 9.17) is 16.3 Å². The molecule has 0 saturated carbocycles. The number of alkyl halides is 1. The van der Waals surface area contributed by atoms with E-state index in [2.05, 4.69) is 5.32 Å². The van der Waals surface area contributed by atoms with Gasteiger partial charge in [0.25, 0.3) is 0 Å². The van der Waals surface area contributed by atoms with Crippen molar-refractivity contribution in [1.82, 2.24) is 0 Å². The van der Waals surface area contributed by atoms with E-state index in [0.717, 1.165) is 17.8 Å². The summed E-state index contributed by atoms with van der Waals surface area (Å²) >= 11 is 5.77. The highest BCUT2D eigenvalue weighted by Crippen LogP contribution is 2.16. The summed E-state index contributed by atoms with van der Waals surface area (Å²) in [6, 6.07) is 8.01. The van der Waals surface area contributed by atoms with Crippen molar-refractivity contribution in [2.75, 3.05) is 25.6 Å². The fraction of sp³-hybridized carbons (Fsp3) is 0.400. The molecule has 0 spiro atoms. The van der Waals surface area contributed by atoms with Crippen LogP contribution in [-0.2, 0) is 10.6 Å². The molecule has 13 heavy (non-hydrogen) atoms. The number of para-hydroxylation sites is 1. The topological polar surface area (TPSA) is 21.3 Å². The van der Waals surface area contributed by atoms with Gasteiger partial charge in [-0.25, -0.2) is 0 Å². The van der Waals surface area contributed by atoms with Crippen LogP contribution >= 0.6 is 11.6 Å². The summed E-state index contributed by atoms with van der Waals surface area (Å²) in [5.74, 6) is 0.538. The van der Waals surface area contributed by atoms with Crippen LogP contribution in [0.3, 0.4) is 0 Å². The third-order valence-corrected chi connectivity index (χ3v) is 2.07. The van der Waals surface area contributed by atoms with Crippen molar-refractivity contribution >= 4 is 17.3 Å². The number of rotatable bonds is 5. The van der Waals surface area contributed by atoms with Crippen molar-refractivity contribution in [3.05, 3.63) is 29.8 Å². The fourth-order valence-corrected chi connectivity index (χ4v) is 1.33. The second-order valence-corrected chi connectivity index (χ2v) is 2.98. The minimum Gasteiger partial charge on any atom is -0.383 e. The summed E-state index contributed by atoms with van der Waals surface area (Å²) in [5, 5.41) is 3.26. The van der Waals surface area contributed by atoms with Crippen LogP contribution in [0.5, 0.6) is 0 Å². The number of benzene rings is 1. The first kappa shape index (κ1) is 10.4. The van der Waals surface area contributed by atoms with Gasteiger partial charge in [-0.3, -0.25) is 0 Å². The zero-order chi connectivity index (χ0) is 9.52. The van der Waals surface area contributed by atoms with E-state index >= 15 is 0 Å². The molecule has 1 rings (SSSR count). The summed E-state index contributed by atoms with van der Waals surface area (Å²) in [6.07, 6.45) is 0. The SMILES string of the molecule is COCCNc1ccccc1CCl. The maximum Gasteiger partial charge on any atom is 0.0635 e. The quantitative estimate of drug-likeness (QED) is 0.581. The summed E-state index contributed by atoms with van der Waals surface area (Å²) in [4.78, 5) is 0. The standard InChI is InChI=1S/C10H14ClNO/c1-13-7-6-12-10-5-3-2-4-9(10)8-11/h2-5,12H,6-8H2,1H3. The van der Waals surface area contributed by atoms with Gasteiger partial charge in [0, 0.05) is 25.2 Å². The van der Waals surface area contributed by atoms with E-state index in [9.17, 15) is 0 Å². The zero-order valence-corrected chi connectivity index (χ0v) is 8.47. The molecule has 1 aromatic carbocycles. The van der Waals surface area contributed by atoms with Crippen LogP contribution in [0.1, 0.15) is 5.56 Å². The van der Waals surface area contributed by atoms with Crippen LogP contribution < -0.4 is 5.32 Å². The van der Waals surface area contributed by atoms with Gasteiger partial charge in [-0.15, -0.1) is 11.6 Å². The van der Waals surface area contributed by atoms with Crippen LogP contribution in [0, 0.1) is 0 Å². The van der Waals surface area contributed by atoms with Crippen molar-refractivity contribution in [2.24, 2.45) is 0 Å². The molecular formula is C10H14ClNO. The van der Waals surface area contributed by atoms with Gasteiger partial charge < -0.3 is 10.1 Å². The molecule has 0 aliphatic rings. The lowest BCUT2D eigenvalue weighted by Crippen LogP contribution is -2.08. The van der Waals surface area contributed by atoms with E-state index in [-0.39, 0.29) is 0 Å². The zero-order valence-electron chi connectivity index (χ0n) is 7.72. The molecule has 0 fully saturated rings. The van der Waals surface area contributed by atoms with Crippen LogP contribution in [0.2, 0.25) is 0 Å². The molecule has 0 heterocycles. The Labute approximate surface area is 83.9 Å². The molecule has 0 saturated heterocycles. The number of methoxy groups -OCH3 is 1. The average molecular weight is 200 g/mol. The minimum atomic E-state index is 0.538. The number of halogens is 1. The molecule has 0 aromatic heterocycles. The molecule has 0 aliphatic carbocycles. The normalized spacial score (nSPS) is 10.0. The Balaban J connectivity index is 2.54. The largest absolute Gasteiger partial charge is 0.383 e. The van der Waals surface area contributed by atoms with Gasteiger partial charge in [0.15, 0.2) is 0 Å². The Morgan fingerprint density at radius 2 is 2.15 bits per heavy atom. The molecule has 0 bridgehead atoms. The first-order valence-corrected chi connectivity index (χ1v) is 4.78.